The molecule has 0 aliphatic heterocycles. The lowest BCUT2D eigenvalue weighted by atomic mass is 10.2. The average molecular weight is 321 g/mol. The average Bonchev–Trinajstić information content (AvgIpc) is 2.48. The van der Waals surface area contributed by atoms with Crippen LogP contribution in [0.4, 0.5) is 5.69 Å². The second-order valence-corrected chi connectivity index (χ2v) is 6.29. The Labute approximate surface area is 131 Å². The Morgan fingerprint density at radius 2 is 1.73 bits per heavy atom. The molecule has 0 amide bonds. The van der Waals surface area contributed by atoms with Crippen LogP contribution in [0.1, 0.15) is 12.5 Å². The van der Waals surface area contributed by atoms with Crippen molar-refractivity contribution >= 4 is 15.8 Å². The number of rotatable bonds is 6. The molecule has 0 bridgehead atoms. The summed E-state index contributed by atoms with van der Waals surface area (Å²) in [5.74, 6) is 0.513. The lowest BCUT2D eigenvalue weighted by molar-refractivity contribution is 0.390. The first-order chi connectivity index (χ1) is 10.5. The highest BCUT2D eigenvalue weighted by molar-refractivity contribution is 7.87. The second-order valence-electron chi connectivity index (χ2n) is 4.75. The van der Waals surface area contributed by atoms with E-state index in [9.17, 15) is 8.42 Å². The van der Waals surface area contributed by atoms with Crippen LogP contribution in [-0.2, 0) is 10.1 Å². The highest BCUT2D eigenvalue weighted by Crippen LogP contribution is 2.32. The standard InChI is InChI=1S/C16H19NO4S/c1-4-17-13-7-10-15(20-3)16(11-13)21-22(18,19)14-8-5-12(2)6-9-14/h5-11,17H,4H2,1-3H3. The molecule has 0 saturated heterocycles. The van der Waals surface area contributed by atoms with Crippen LogP contribution in [-0.4, -0.2) is 22.1 Å². The molecule has 5 nitrogen and oxygen atoms in total. The van der Waals surface area contributed by atoms with Gasteiger partial charge in [0, 0.05) is 18.3 Å². The summed E-state index contributed by atoms with van der Waals surface area (Å²) in [5, 5.41) is 3.10. The molecule has 0 unspecified atom stereocenters. The summed E-state index contributed by atoms with van der Waals surface area (Å²) < 4.78 is 35.1. The van der Waals surface area contributed by atoms with Gasteiger partial charge in [0.25, 0.3) is 0 Å². The summed E-state index contributed by atoms with van der Waals surface area (Å²) in [6.07, 6.45) is 0. The van der Waals surface area contributed by atoms with Crippen molar-refractivity contribution in [3.63, 3.8) is 0 Å². The fraction of sp³-hybridized carbons (Fsp3) is 0.250. The molecule has 0 aliphatic rings. The van der Waals surface area contributed by atoms with Crippen molar-refractivity contribution in [3.8, 4) is 11.5 Å². The number of anilines is 1. The van der Waals surface area contributed by atoms with E-state index in [0.717, 1.165) is 17.8 Å². The van der Waals surface area contributed by atoms with Gasteiger partial charge in [-0.05, 0) is 38.1 Å². The zero-order valence-electron chi connectivity index (χ0n) is 12.8. The van der Waals surface area contributed by atoms with Crippen LogP contribution in [0.2, 0.25) is 0 Å². The predicted octanol–water partition coefficient (Wildman–Crippen LogP) is 3.20. The van der Waals surface area contributed by atoms with Crippen LogP contribution < -0.4 is 14.2 Å². The Balaban J connectivity index is 2.35. The van der Waals surface area contributed by atoms with Gasteiger partial charge in [-0.1, -0.05) is 17.7 Å². The van der Waals surface area contributed by atoms with Gasteiger partial charge in [0.2, 0.25) is 0 Å². The van der Waals surface area contributed by atoms with Gasteiger partial charge in [0.15, 0.2) is 11.5 Å². The highest BCUT2D eigenvalue weighted by atomic mass is 32.2. The van der Waals surface area contributed by atoms with Crippen LogP contribution in [0.5, 0.6) is 11.5 Å². The summed E-state index contributed by atoms with van der Waals surface area (Å²) >= 11 is 0. The molecule has 0 saturated carbocycles. The molecular formula is C16H19NO4S. The van der Waals surface area contributed by atoms with Crippen LogP contribution in [0, 0.1) is 6.92 Å². The first kappa shape index (κ1) is 16.2. The third kappa shape index (κ3) is 3.71. The zero-order chi connectivity index (χ0) is 16.2. The van der Waals surface area contributed by atoms with Crippen molar-refractivity contribution in [2.75, 3.05) is 19.0 Å². The number of nitrogens with one attached hydrogen (secondary N) is 1. The maximum atomic E-state index is 12.4. The minimum atomic E-state index is -3.90. The molecular weight excluding hydrogens is 302 g/mol. The molecule has 0 aromatic heterocycles. The lowest BCUT2D eigenvalue weighted by Gasteiger charge is -2.13. The van der Waals surface area contributed by atoms with Gasteiger partial charge >= 0.3 is 10.1 Å². The lowest BCUT2D eigenvalue weighted by Crippen LogP contribution is -2.10. The third-order valence-corrected chi connectivity index (χ3v) is 4.30. The fourth-order valence-corrected chi connectivity index (χ4v) is 2.86. The molecule has 0 atom stereocenters. The number of ether oxygens (including phenoxy) is 1. The molecule has 0 heterocycles. The van der Waals surface area contributed by atoms with E-state index in [2.05, 4.69) is 5.32 Å². The molecule has 2 rings (SSSR count). The first-order valence-corrected chi connectivity index (χ1v) is 8.30. The number of aryl methyl sites for hydroxylation is 1. The van der Waals surface area contributed by atoms with Gasteiger partial charge in [-0.3, -0.25) is 0 Å². The molecule has 2 aromatic rings. The molecule has 22 heavy (non-hydrogen) atoms. The monoisotopic (exact) mass is 321 g/mol. The molecule has 118 valence electrons. The van der Waals surface area contributed by atoms with E-state index in [-0.39, 0.29) is 10.6 Å². The van der Waals surface area contributed by atoms with E-state index in [0.29, 0.717) is 5.75 Å². The molecule has 0 fully saturated rings. The van der Waals surface area contributed by atoms with Crippen LogP contribution in [0.3, 0.4) is 0 Å². The smallest absolute Gasteiger partial charge is 0.339 e. The Kier molecular flexibility index (Phi) is 4.92. The summed E-state index contributed by atoms with van der Waals surface area (Å²) in [5.41, 5.74) is 1.74. The molecule has 0 aliphatic carbocycles. The Bertz CT molecular complexity index is 739. The molecule has 0 spiro atoms. The van der Waals surface area contributed by atoms with Crippen molar-refractivity contribution < 1.29 is 17.3 Å². The summed E-state index contributed by atoms with van der Waals surface area (Å²) in [6, 6.07) is 11.6. The van der Waals surface area contributed by atoms with E-state index < -0.39 is 10.1 Å². The minimum Gasteiger partial charge on any atom is -0.493 e. The predicted molar refractivity (Wildman–Crippen MR) is 86.2 cm³/mol. The van der Waals surface area contributed by atoms with Crippen molar-refractivity contribution in [2.45, 2.75) is 18.7 Å². The van der Waals surface area contributed by atoms with Crippen molar-refractivity contribution in [1.29, 1.82) is 0 Å². The topological polar surface area (TPSA) is 64.6 Å². The maximum absolute atomic E-state index is 12.4. The molecule has 6 heteroatoms. The van der Waals surface area contributed by atoms with Gasteiger partial charge in [0.05, 0.1) is 7.11 Å². The summed E-state index contributed by atoms with van der Waals surface area (Å²) in [4.78, 5) is 0.106. The Morgan fingerprint density at radius 3 is 2.32 bits per heavy atom. The van der Waals surface area contributed by atoms with Gasteiger partial charge in [0.1, 0.15) is 4.90 Å². The zero-order valence-corrected chi connectivity index (χ0v) is 13.6. The fourth-order valence-electron chi connectivity index (χ4n) is 1.93. The Morgan fingerprint density at radius 1 is 1.05 bits per heavy atom. The third-order valence-electron chi connectivity index (χ3n) is 3.05. The summed E-state index contributed by atoms with van der Waals surface area (Å²) in [6.45, 7) is 4.56. The summed E-state index contributed by atoms with van der Waals surface area (Å²) in [7, 11) is -2.44. The van der Waals surface area contributed by atoms with Gasteiger partial charge in [-0.25, -0.2) is 0 Å². The maximum Gasteiger partial charge on any atom is 0.339 e. The number of methoxy groups -OCH3 is 1. The van der Waals surface area contributed by atoms with Gasteiger partial charge in [-0.2, -0.15) is 8.42 Å². The molecule has 0 radical (unpaired) electrons. The van der Waals surface area contributed by atoms with E-state index in [1.807, 2.05) is 13.8 Å². The minimum absolute atomic E-state index is 0.106. The number of benzene rings is 2. The Hall–Kier alpha value is -2.21. The van der Waals surface area contributed by atoms with Crippen molar-refractivity contribution in [1.82, 2.24) is 0 Å². The quantitative estimate of drug-likeness (QED) is 0.828. The highest BCUT2D eigenvalue weighted by Gasteiger charge is 2.19. The van der Waals surface area contributed by atoms with Crippen molar-refractivity contribution in [3.05, 3.63) is 48.0 Å². The van der Waals surface area contributed by atoms with Crippen LogP contribution in [0.25, 0.3) is 0 Å². The van der Waals surface area contributed by atoms with Gasteiger partial charge in [-0.15, -0.1) is 0 Å². The molecule has 1 N–H and O–H groups in total. The van der Waals surface area contributed by atoms with Crippen LogP contribution >= 0.6 is 0 Å². The van der Waals surface area contributed by atoms with E-state index >= 15 is 0 Å². The van der Waals surface area contributed by atoms with Crippen LogP contribution in [0.15, 0.2) is 47.4 Å². The van der Waals surface area contributed by atoms with Gasteiger partial charge < -0.3 is 14.2 Å². The van der Waals surface area contributed by atoms with E-state index in [1.54, 1.807) is 30.3 Å². The number of hydrogen-bond acceptors (Lipinski definition) is 5. The SMILES string of the molecule is CCNc1ccc(OC)c(OS(=O)(=O)c2ccc(C)cc2)c1. The second kappa shape index (κ2) is 6.70. The van der Waals surface area contributed by atoms with E-state index in [1.165, 1.54) is 19.2 Å². The first-order valence-electron chi connectivity index (χ1n) is 6.89. The molecule has 2 aromatic carbocycles. The normalized spacial score (nSPS) is 11.0. The number of hydrogen-bond donors (Lipinski definition) is 1. The largest absolute Gasteiger partial charge is 0.493 e. The van der Waals surface area contributed by atoms with Crippen molar-refractivity contribution in [2.24, 2.45) is 0 Å². The van der Waals surface area contributed by atoms with E-state index in [4.69, 9.17) is 8.92 Å².